The number of benzene rings is 1. The van der Waals surface area contributed by atoms with E-state index in [0.29, 0.717) is 0 Å². The smallest absolute Gasteiger partial charge is 0.172 e. The Labute approximate surface area is 132 Å². The first kappa shape index (κ1) is 15.2. The molecule has 2 heterocycles. The van der Waals surface area contributed by atoms with Crippen molar-refractivity contribution in [1.82, 2.24) is 10.2 Å². The molecule has 0 atom stereocenters. The van der Waals surface area contributed by atoms with E-state index in [1.165, 1.54) is 0 Å². The number of methoxy groups -OCH3 is 1. The maximum atomic E-state index is 6.34. The Kier molecular flexibility index (Phi) is 4.83. The number of likely N-dealkylation sites (tertiary alicyclic amines) is 1. The van der Waals surface area contributed by atoms with Gasteiger partial charge < -0.3 is 19.7 Å². The summed E-state index contributed by atoms with van der Waals surface area (Å²) in [5.74, 6) is 2.53. The molecule has 0 spiro atoms. The SMILES string of the molecule is COc1cccc(C2=NCCCN2)c1OC1CCN(C)CC1. The molecule has 0 amide bonds. The summed E-state index contributed by atoms with van der Waals surface area (Å²) >= 11 is 0. The van der Waals surface area contributed by atoms with Gasteiger partial charge in [-0.05, 0) is 38.4 Å². The summed E-state index contributed by atoms with van der Waals surface area (Å²) in [6, 6.07) is 6.01. The highest BCUT2D eigenvalue weighted by Gasteiger charge is 2.23. The highest BCUT2D eigenvalue weighted by molar-refractivity contribution is 6.02. The molecule has 1 N–H and O–H groups in total. The van der Waals surface area contributed by atoms with Crippen LogP contribution in [0.3, 0.4) is 0 Å². The monoisotopic (exact) mass is 303 g/mol. The van der Waals surface area contributed by atoms with Crippen molar-refractivity contribution in [1.29, 1.82) is 0 Å². The van der Waals surface area contributed by atoms with E-state index in [1.807, 2.05) is 12.1 Å². The predicted octanol–water partition coefficient (Wildman–Crippen LogP) is 1.91. The zero-order chi connectivity index (χ0) is 15.4. The summed E-state index contributed by atoms with van der Waals surface area (Å²) in [5, 5.41) is 3.38. The van der Waals surface area contributed by atoms with Crippen LogP contribution in [0.25, 0.3) is 0 Å². The van der Waals surface area contributed by atoms with E-state index in [-0.39, 0.29) is 6.10 Å². The van der Waals surface area contributed by atoms with E-state index in [2.05, 4.69) is 28.3 Å². The Morgan fingerprint density at radius 2 is 2.09 bits per heavy atom. The molecule has 2 aliphatic rings. The van der Waals surface area contributed by atoms with E-state index in [0.717, 1.165) is 68.3 Å². The molecule has 120 valence electrons. The minimum Gasteiger partial charge on any atom is -0.493 e. The zero-order valence-electron chi connectivity index (χ0n) is 13.5. The molecule has 0 bridgehead atoms. The number of hydrogen-bond acceptors (Lipinski definition) is 5. The summed E-state index contributed by atoms with van der Waals surface area (Å²) in [6.07, 6.45) is 3.43. The highest BCUT2D eigenvalue weighted by Crippen LogP contribution is 2.33. The largest absolute Gasteiger partial charge is 0.493 e. The number of para-hydroxylation sites is 1. The molecular formula is C17H25N3O2. The lowest BCUT2D eigenvalue weighted by atomic mass is 10.1. The first-order valence-electron chi connectivity index (χ1n) is 8.09. The average Bonchev–Trinajstić information content (AvgIpc) is 2.58. The lowest BCUT2D eigenvalue weighted by Gasteiger charge is -2.30. The Hall–Kier alpha value is -1.75. The number of amidine groups is 1. The van der Waals surface area contributed by atoms with Crippen molar-refractivity contribution in [3.8, 4) is 11.5 Å². The van der Waals surface area contributed by atoms with Gasteiger partial charge in [-0.25, -0.2) is 0 Å². The van der Waals surface area contributed by atoms with Crippen molar-refractivity contribution in [2.75, 3.05) is 40.3 Å². The number of nitrogens with one attached hydrogen (secondary N) is 1. The lowest BCUT2D eigenvalue weighted by Crippen LogP contribution is -2.36. The second kappa shape index (κ2) is 7.01. The second-order valence-corrected chi connectivity index (χ2v) is 5.97. The molecule has 2 aliphatic heterocycles. The third kappa shape index (κ3) is 3.35. The number of hydrogen-bond donors (Lipinski definition) is 1. The maximum Gasteiger partial charge on any atom is 0.172 e. The van der Waals surface area contributed by atoms with E-state index in [1.54, 1.807) is 7.11 Å². The van der Waals surface area contributed by atoms with Crippen LogP contribution in [0.15, 0.2) is 23.2 Å². The average molecular weight is 303 g/mol. The van der Waals surface area contributed by atoms with Gasteiger partial charge in [-0.1, -0.05) is 6.07 Å². The van der Waals surface area contributed by atoms with Crippen LogP contribution in [-0.2, 0) is 0 Å². The Balaban J connectivity index is 1.85. The van der Waals surface area contributed by atoms with Crippen LogP contribution >= 0.6 is 0 Å². The Morgan fingerprint density at radius 1 is 1.27 bits per heavy atom. The molecule has 3 rings (SSSR count). The number of piperidine rings is 1. The minimum atomic E-state index is 0.246. The number of nitrogens with zero attached hydrogens (tertiary/aromatic N) is 2. The van der Waals surface area contributed by atoms with Gasteiger partial charge in [-0.2, -0.15) is 0 Å². The molecule has 0 unspecified atom stereocenters. The number of rotatable bonds is 4. The van der Waals surface area contributed by atoms with Crippen LogP contribution in [-0.4, -0.2) is 57.2 Å². The van der Waals surface area contributed by atoms with Crippen molar-refractivity contribution >= 4 is 5.84 Å². The minimum absolute atomic E-state index is 0.246. The van der Waals surface area contributed by atoms with Crippen molar-refractivity contribution < 1.29 is 9.47 Å². The predicted molar refractivity (Wildman–Crippen MR) is 88.2 cm³/mol. The van der Waals surface area contributed by atoms with Gasteiger partial charge in [0.2, 0.25) is 0 Å². The summed E-state index contributed by atoms with van der Waals surface area (Å²) in [6.45, 7) is 3.99. The fraction of sp³-hybridized carbons (Fsp3) is 0.588. The highest BCUT2D eigenvalue weighted by atomic mass is 16.5. The number of aliphatic imine (C=N–C) groups is 1. The molecule has 0 aliphatic carbocycles. The van der Waals surface area contributed by atoms with Crippen molar-refractivity contribution in [2.24, 2.45) is 4.99 Å². The van der Waals surface area contributed by atoms with Gasteiger partial charge in [0.25, 0.3) is 0 Å². The molecule has 0 saturated carbocycles. The summed E-state index contributed by atoms with van der Waals surface area (Å²) in [4.78, 5) is 6.95. The lowest BCUT2D eigenvalue weighted by molar-refractivity contribution is 0.111. The first-order chi connectivity index (χ1) is 10.8. The fourth-order valence-corrected chi connectivity index (χ4v) is 2.97. The molecule has 1 saturated heterocycles. The van der Waals surface area contributed by atoms with Crippen LogP contribution in [0.2, 0.25) is 0 Å². The Bertz CT molecular complexity index is 537. The molecule has 1 fully saturated rings. The van der Waals surface area contributed by atoms with Crippen LogP contribution in [0.5, 0.6) is 11.5 Å². The summed E-state index contributed by atoms with van der Waals surface area (Å²) in [5.41, 5.74) is 1.01. The van der Waals surface area contributed by atoms with Crippen molar-refractivity contribution in [3.63, 3.8) is 0 Å². The third-order valence-electron chi connectivity index (χ3n) is 4.30. The standard InChI is InChI=1S/C17H25N3O2/c1-20-11-7-13(8-12-20)22-16-14(5-3-6-15(16)21-2)17-18-9-4-10-19-17/h3,5-6,13H,4,7-12H2,1-2H3,(H,18,19). The van der Waals surface area contributed by atoms with Gasteiger partial charge in [0.05, 0.1) is 12.7 Å². The molecule has 1 aromatic rings. The van der Waals surface area contributed by atoms with Crippen LogP contribution in [0, 0.1) is 0 Å². The van der Waals surface area contributed by atoms with Gasteiger partial charge in [-0.3, -0.25) is 4.99 Å². The molecule has 22 heavy (non-hydrogen) atoms. The van der Waals surface area contributed by atoms with E-state index < -0.39 is 0 Å². The normalized spacial score (nSPS) is 20.2. The number of ether oxygens (including phenoxy) is 2. The van der Waals surface area contributed by atoms with E-state index in [4.69, 9.17) is 9.47 Å². The van der Waals surface area contributed by atoms with Gasteiger partial charge in [0, 0.05) is 26.2 Å². The zero-order valence-corrected chi connectivity index (χ0v) is 13.5. The molecular weight excluding hydrogens is 278 g/mol. The van der Waals surface area contributed by atoms with E-state index >= 15 is 0 Å². The van der Waals surface area contributed by atoms with Crippen LogP contribution in [0.4, 0.5) is 0 Å². The quantitative estimate of drug-likeness (QED) is 0.923. The fourth-order valence-electron chi connectivity index (χ4n) is 2.97. The van der Waals surface area contributed by atoms with Gasteiger partial charge >= 0.3 is 0 Å². The van der Waals surface area contributed by atoms with Gasteiger partial charge in [0.1, 0.15) is 11.9 Å². The van der Waals surface area contributed by atoms with Crippen molar-refractivity contribution in [3.05, 3.63) is 23.8 Å². The molecule has 0 radical (unpaired) electrons. The van der Waals surface area contributed by atoms with Crippen molar-refractivity contribution in [2.45, 2.75) is 25.4 Å². The second-order valence-electron chi connectivity index (χ2n) is 5.97. The maximum absolute atomic E-state index is 6.34. The summed E-state index contributed by atoms with van der Waals surface area (Å²) < 4.78 is 11.9. The molecule has 5 heteroatoms. The third-order valence-corrected chi connectivity index (χ3v) is 4.30. The van der Waals surface area contributed by atoms with Gasteiger partial charge in [-0.15, -0.1) is 0 Å². The van der Waals surface area contributed by atoms with Crippen LogP contribution in [0.1, 0.15) is 24.8 Å². The first-order valence-corrected chi connectivity index (χ1v) is 8.09. The van der Waals surface area contributed by atoms with Crippen LogP contribution < -0.4 is 14.8 Å². The topological polar surface area (TPSA) is 46.1 Å². The van der Waals surface area contributed by atoms with Gasteiger partial charge in [0.15, 0.2) is 11.5 Å². The molecule has 1 aromatic carbocycles. The summed E-state index contributed by atoms with van der Waals surface area (Å²) in [7, 11) is 3.85. The Morgan fingerprint density at radius 3 is 2.77 bits per heavy atom. The molecule has 5 nitrogen and oxygen atoms in total. The molecule has 0 aromatic heterocycles. The van der Waals surface area contributed by atoms with E-state index in [9.17, 15) is 0 Å².